The van der Waals surface area contributed by atoms with Gasteiger partial charge in [0.2, 0.25) is 0 Å². The van der Waals surface area contributed by atoms with Crippen LogP contribution in [0.3, 0.4) is 0 Å². The monoisotopic (exact) mass is 607 g/mol. The van der Waals surface area contributed by atoms with Crippen LogP contribution in [0.15, 0.2) is 40.5 Å². The summed E-state index contributed by atoms with van der Waals surface area (Å²) in [5.41, 5.74) is 3.20. The second kappa shape index (κ2) is 11.0. The molecule has 0 bridgehead atoms. The molecule has 0 aliphatic heterocycles. The molecule has 2 aromatic carbocycles. The lowest BCUT2D eigenvalue weighted by Gasteiger charge is -2.19. The van der Waals surface area contributed by atoms with Gasteiger partial charge in [-0.15, -0.1) is 11.3 Å². The number of carbonyl (C=O) groups is 1. The smallest absolute Gasteiger partial charge is 0.338 e. The molecule has 3 aromatic heterocycles. The quantitative estimate of drug-likeness (QED) is 0.228. The van der Waals surface area contributed by atoms with Crippen LogP contribution < -0.4 is 15.2 Å². The van der Waals surface area contributed by atoms with Crippen molar-refractivity contribution in [1.29, 1.82) is 5.26 Å². The number of fused-ring (bicyclic) bond motifs is 2. The minimum absolute atomic E-state index is 0.108. The van der Waals surface area contributed by atoms with Crippen molar-refractivity contribution in [1.82, 2.24) is 14.5 Å². The lowest BCUT2D eigenvalue weighted by Crippen LogP contribution is -2.27. The number of carboxylic acids is 1. The van der Waals surface area contributed by atoms with Crippen LogP contribution in [0.4, 0.5) is 5.69 Å². The maximum atomic E-state index is 13.6. The molecule has 9 nitrogen and oxygen atoms in total. The van der Waals surface area contributed by atoms with Gasteiger partial charge in [-0.05, 0) is 44.2 Å². The molecule has 0 aliphatic rings. The predicted octanol–water partition coefficient (Wildman–Crippen LogP) is 6.31. The third kappa shape index (κ3) is 5.08. The largest absolute Gasteiger partial charge is 0.491 e. The van der Waals surface area contributed by atoms with E-state index in [9.17, 15) is 20.0 Å². The number of aryl methyl sites for hydroxylation is 2. The Hall–Kier alpha value is -4.17. The summed E-state index contributed by atoms with van der Waals surface area (Å²) in [7, 11) is 3.50. The molecule has 0 spiro atoms. The second-order valence-electron chi connectivity index (χ2n) is 9.53. The Morgan fingerprint density at radius 3 is 2.61 bits per heavy atom. The number of benzene rings is 2. The average Bonchev–Trinajstić information content (AvgIpc) is 3.33. The van der Waals surface area contributed by atoms with Crippen LogP contribution >= 0.6 is 34.5 Å². The molecule has 0 saturated heterocycles. The zero-order chi connectivity index (χ0) is 29.6. The van der Waals surface area contributed by atoms with E-state index in [-0.39, 0.29) is 35.2 Å². The van der Waals surface area contributed by atoms with E-state index in [1.165, 1.54) is 15.9 Å². The number of nitriles is 1. The predicted molar refractivity (Wildman–Crippen MR) is 162 cm³/mol. The first-order chi connectivity index (χ1) is 19.5. The Labute approximate surface area is 248 Å². The fourth-order valence-electron chi connectivity index (χ4n) is 4.83. The maximum Gasteiger partial charge on any atom is 0.338 e. The van der Waals surface area contributed by atoms with E-state index < -0.39 is 5.97 Å². The van der Waals surface area contributed by atoms with Crippen LogP contribution in [0.5, 0.6) is 5.75 Å². The van der Waals surface area contributed by atoms with Gasteiger partial charge in [0.1, 0.15) is 24.3 Å². The van der Waals surface area contributed by atoms with E-state index in [2.05, 4.69) is 16.0 Å². The number of rotatable bonds is 7. The molecule has 12 heteroatoms. The second-order valence-corrected chi connectivity index (χ2v) is 11.3. The van der Waals surface area contributed by atoms with Gasteiger partial charge in [-0.25, -0.2) is 9.78 Å². The normalized spacial score (nSPS) is 11.1. The number of halogens is 2. The zero-order valence-corrected chi connectivity index (χ0v) is 24.8. The Bertz CT molecular complexity index is 1980. The van der Waals surface area contributed by atoms with Crippen LogP contribution in [0.2, 0.25) is 10.0 Å². The number of hydrogen-bond acceptors (Lipinski definition) is 8. The SMILES string of the molecule is Cc1cc(-c2cc(Cl)ccc2OCCn2c(C)nc3cc(Cl)c(N(C)C)c(C#N)c3c2=O)c2scc(C(=O)O)c2n1. The molecule has 3 heterocycles. The van der Waals surface area contributed by atoms with Gasteiger partial charge in [-0.3, -0.25) is 14.3 Å². The van der Waals surface area contributed by atoms with E-state index in [1.54, 1.807) is 62.5 Å². The van der Waals surface area contributed by atoms with E-state index in [4.69, 9.17) is 27.9 Å². The van der Waals surface area contributed by atoms with Gasteiger partial charge in [0.05, 0.1) is 49.5 Å². The lowest BCUT2D eigenvalue weighted by molar-refractivity contribution is 0.0699. The number of nitrogens with zero attached hydrogens (tertiary/aromatic N) is 5. The molecule has 0 unspecified atom stereocenters. The summed E-state index contributed by atoms with van der Waals surface area (Å²) in [6, 6.07) is 10.8. The molecule has 0 fully saturated rings. The van der Waals surface area contributed by atoms with Crippen molar-refractivity contribution in [2.75, 3.05) is 25.6 Å². The van der Waals surface area contributed by atoms with Crippen LogP contribution in [-0.4, -0.2) is 46.3 Å². The first-order valence-corrected chi connectivity index (χ1v) is 14.0. The summed E-state index contributed by atoms with van der Waals surface area (Å²) >= 11 is 14.1. The average molecular weight is 609 g/mol. The third-order valence-corrected chi connectivity index (χ3v) is 8.13. The fraction of sp³-hybridized carbons (Fsp3) is 0.207. The molecule has 5 aromatic rings. The Morgan fingerprint density at radius 2 is 1.93 bits per heavy atom. The van der Waals surface area contributed by atoms with Crippen molar-refractivity contribution in [3.8, 4) is 22.9 Å². The van der Waals surface area contributed by atoms with E-state index >= 15 is 0 Å². The van der Waals surface area contributed by atoms with Gasteiger partial charge in [-0.2, -0.15) is 5.26 Å². The number of ether oxygens (including phenoxy) is 1. The summed E-state index contributed by atoms with van der Waals surface area (Å²) in [5, 5.41) is 22.1. The van der Waals surface area contributed by atoms with Crippen molar-refractivity contribution < 1.29 is 14.6 Å². The van der Waals surface area contributed by atoms with Crippen molar-refractivity contribution in [2.45, 2.75) is 20.4 Å². The number of carboxylic acid groups (broad SMARTS) is 1. The molecule has 5 rings (SSSR count). The molecule has 1 N–H and O–H groups in total. The molecular weight excluding hydrogens is 585 g/mol. The molecule has 0 saturated carbocycles. The summed E-state index contributed by atoms with van der Waals surface area (Å²) in [6.07, 6.45) is 0. The van der Waals surface area contributed by atoms with Gasteiger partial charge in [0.15, 0.2) is 0 Å². The molecule has 0 radical (unpaired) electrons. The number of aromatic nitrogens is 3. The number of anilines is 1. The maximum absolute atomic E-state index is 13.6. The van der Waals surface area contributed by atoms with Crippen molar-refractivity contribution in [3.63, 3.8) is 0 Å². The minimum atomic E-state index is -1.05. The third-order valence-electron chi connectivity index (χ3n) is 6.61. The van der Waals surface area contributed by atoms with Crippen LogP contribution in [0, 0.1) is 25.2 Å². The number of thiophene rings is 1. The summed E-state index contributed by atoms with van der Waals surface area (Å²) in [5.74, 6) is -0.0936. The zero-order valence-electron chi connectivity index (χ0n) is 22.5. The van der Waals surface area contributed by atoms with Gasteiger partial charge in [0.25, 0.3) is 5.56 Å². The van der Waals surface area contributed by atoms with Crippen molar-refractivity contribution in [3.05, 3.63) is 78.8 Å². The lowest BCUT2D eigenvalue weighted by atomic mass is 10.0. The van der Waals surface area contributed by atoms with Crippen LogP contribution in [0.1, 0.15) is 27.4 Å². The van der Waals surface area contributed by atoms with Gasteiger partial charge in [0, 0.05) is 41.3 Å². The van der Waals surface area contributed by atoms with Gasteiger partial charge < -0.3 is 14.7 Å². The Kier molecular flexibility index (Phi) is 7.62. The summed E-state index contributed by atoms with van der Waals surface area (Å²) in [4.78, 5) is 36.1. The molecule has 0 aliphatic carbocycles. The molecular formula is C29H23Cl2N5O4S. The van der Waals surface area contributed by atoms with E-state index in [0.717, 1.165) is 5.56 Å². The highest BCUT2D eigenvalue weighted by Crippen LogP contribution is 2.40. The molecule has 0 amide bonds. The highest BCUT2D eigenvalue weighted by atomic mass is 35.5. The standard InChI is InChI=1S/C29H23Cl2N5O4S/c1-14-9-18(27-25(33-14)20(13-41-27)29(38)39)17-10-16(30)5-6-23(17)40-8-7-36-15(2)34-22-11-21(31)26(35(3)4)19(12-32)24(22)28(36)37/h5-6,9-11,13H,7-8H2,1-4H3,(H,38,39). The fourth-order valence-corrected chi connectivity index (χ4v) is 6.38. The van der Waals surface area contributed by atoms with Gasteiger partial charge >= 0.3 is 5.97 Å². The topological polar surface area (TPSA) is 121 Å². The molecule has 41 heavy (non-hydrogen) atoms. The highest BCUT2D eigenvalue weighted by Gasteiger charge is 2.21. The number of aromatic carboxylic acids is 1. The van der Waals surface area contributed by atoms with Crippen LogP contribution in [0.25, 0.3) is 32.2 Å². The minimum Gasteiger partial charge on any atom is -0.491 e. The first kappa shape index (κ1) is 28.4. The first-order valence-electron chi connectivity index (χ1n) is 12.4. The summed E-state index contributed by atoms with van der Waals surface area (Å²) < 4.78 is 8.35. The number of pyridine rings is 1. The van der Waals surface area contributed by atoms with Gasteiger partial charge in [-0.1, -0.05) is 23.2 Å². The van der Waals surface area contributed by atoms with E-state index in [1.807, 2.05) is 6.07 Å². The van der Waals surface area contributed by atoms with Crippen molar-refractivity contribution in [2.24, 2.45) is 0 Å². The van der Waals surface area contributed by atoms with E-state index in [0.29, 0.717) is 54.3 Å². The molecule has 0 atom stereocenters. The Balaban J connectivity index is 1.53. The molecule has 208 valence electrons. The summed E-state index contributed by atoms with van der Waals surface area (Å²) in [6.45, 7) is 3.77. The van der Waals surface area contributed by atoms with Crippen LogP contribution in [-0.2, 0) is 6.54 Å². The number of hydrogen-bond donors (Lipinski definition) is 1. The highest BCUT2D eigenvalue weighted by molar-refractivity contribution is 7.18. The Morgan fingerprint density at radius 1 is 1.17 bits per heavy atom. The van der Waals surface area contributed by atoms with Crippen molar-refractivity contribution >= 4 is 67.3 Å².